The van der Waals surface area contributed by atoms with E-state index in [-0.39, 0.29) is 12.6 Å². The van der Waals surface area contributed by atoms with Crippen LogP contribution in [0.3, 0.4) is 0 Å². The molecule has 0 amide bonds. The van der Waals surface area contributed by atoms with E-state index in [0.717, 1.165) is 31.7 Å². The maximum absolute atomic E-state index is 9.52. The van der Waals surface area contributed by atoms with Crippen LogP contribution in [-0.2, 0) is 0 Å². The molecule has 16 heavy (non-hydrogen) atoms. The summed E-state index contributed by atoms with van der Waals surface area (Å²) < 4.78 is 0. The van der Waals surface area contributed by atoms with E-state index in [1.54, 1.807) is 12.4 Å². The van der Waals surface area contributed by atoms with Gasteiger partial charge in [0, 0.05) is 38.6 Å². The van der Waals surface area contributed by atoms with Crippen LogP contribution < -0.4 is 0 Å². The van der Waals surface area contributed by atoms with Crippen molar-refractivity contribution in [3.05, 3.63) is 30.1 Å². The molecule has 88 valence electrons. The van der Waals surface area contributed by atoms with Crippen molar-refractivity contribution in [3.63, 3.8) is 0 Å². The summed E-state index contributed by atoms with van der Waals surface area (Å²) >= 11 is 0. The van der Waals surface area contributed by atoms with Crippen molar-refractivity contribution in [2.24, 2.45) is 0 Å². The SMILES string of the molecule is CN1CCN(C(CO)c2ccncc2)CC1. The Morgan fingerprint density at radius 3 is 2.44 bits per heavy atom. The molecule has 0 saturated carbocycles. The van der Waals surface area contributed by atoms with E-state index < -0.39 is 0 Å². The molecule has 0 aliphatic carbocycles. The fourth-order valence-electron chi connectivity index (χ4n) is 2.15. The minimum absolute atomic E-state index is 0.122. The van der Waals surface area contributed by atoms with Crippen LogP contribution >= 0.6 is 0 Å². The Labute approximate surface area is 96.5 Å². The summed E-state index contributed by atoms with van der Waals surface area (Å²) in [5.74, 6) is 0. The van der Waals surface area contributed by atoms with Crippen molar-refractivity contribution >= 4 is 0 Å². The van der Waals surface area contributed by atoms with Crippen LogP contribution in [0.2, 0.25) is 0 Å². The van der Waals surface area contributed by atoms with Gasteiger partial charge >= 0.3 is 0 Å². The predicted octanol–water partition coefficient (Wildman–Crippen LogP) is 0.362. The van der Waals surface area contributed by atoms with Gasteiger partial charge in [-0.1, -0.05) is 0 Å². The molecule has 1 N–H and O–H groups in total. The van der Waals surface area contributed by atoms with E-state index in [4.69, 9.17) is 0 Å². The molecule has 1 fully saturated rings. The Hall–Kier alpha value is -0.970. The fourth-order valence-corrected chi connectivity index (χ4v) is 2.15. The van der Waals surface area contributed by atoms with Crippen molar-refractivity contribution in [1.29, 1.82) is 0 Å². The van der Waals surface area contributed by atoms with Crippen LogP contribution in [0.4, 0.5) is 0 Å². The van der Waals surface area contributed by atoms with Crippen molar-refractivity contribution in [2.75, 3.05) is 39.8 Å². The Balaban J connectivity index is 2.05. The summed E-state index contributed by atoms with van der Waals surface area (Å²) in [6.45, 7) is 4.35. The standard InChI is InChI=1S/C12H19N3O/c1-14-6-8-15(9-7-14)12(10-16)11-2-4-13-5-3-11/h2-5,12,16H,6-10H2,1H3. The molecule has 1 aliphatic heterocycles. The van der Waals surface area contributed by atoms with E-state index >= 15 is 0 Å². The second-order valence-corrected chi connectivity index (χ2v) is 4.32. The third-order valence-electron chi connectivity index (χ3n) is 3.24. The molecule has 1 saturated heterocycles. The number of hydrogen-bond donors (Lipinski definition) is 1. The lowest BCUT2D eigenvalue weighted by molar-refractivity contribution is 0.0748. The van der Waals surface area contributed by atoms with Crippen LogP contribution in [0.1, 0.15) is 11.6 Å². The predicted molar refractivity (Wildman–Crippen MR) is 63.1 cm³/mol. The van der Waals surface area contributed by atoms with E-state index in [0.29, 0.717) is 0 Å². The molecular weight excluding hydrogens is 202 g/mol. The van der Waals surface area contributed by atoms with Gasteiger partial charge in [-0.05, 0) is 24.7 Å². The van der Waals surface area contributed by atoms with Gasteiger partial charge in [0.05, 0.1) is 12.6 Å². The summed E-state index contributed by atoms with van der Waals surface area (Å²) in [7, 11) is 2.14. The number of aliphatic hydroxyl groups excluding tert-OH is 1. The average Bonchev–Trinajstić information content (AvgIpc) is 2.34. The largest absolute Gasteiger partial charge is 0.394 e. The quantitative estimate of drug-likeness (QED) is 0.800. The van der Waals surface area contributed by atoms with Gasteiger partial charge in [-0.2, -0.15) is 0 Å². The molecule has 1 aromatic heterocycles. The summed E-state index contributed by atoms with van der Waals surface area (Å²) in [4.78, 5) is 8.67. The molecule has 0 spiro atoms. The van der Waals surface area contributed by atoms with Crippen molar-refractivity contribution in [1.82, 2.24) is 14.8 Å². The third kappa shape index (κ3) is 2.58. The highest BCUT2D eigenvalue weighted by molar-refractivity contribution is 5.15. The number of pyridine rings is 1. The maximum Gasteiger partial charge on any atom is 0.0628 e. The minimum atomic E-state index is 0.122. The first-order valence-corrected chi connectivity index (χ1v) is 5.74. The highest BCUT2D eigenvalue weighted by Crippen LogP contribution is 2.20. The number of aliphatic hydroxyl groups is 1. The monoisotopic (exact) mass is 221 g/mol. The van der Waals surface area contributed by atoms with Gasteiger partial charge in [-0.15, -0.1) is 0 Å². The van der Waals surface area contributed by atoms with E-state index in [2.05, 4.69) is 21.8 Å². The van der Waals surface area contributed by atoms with Crippen molar-refractivity contribution < 1.29 is 5.11 Å². The summed E-state index contributed by atoms with van der Waals surface area (Å²) in [5, 5.41) is 9.52. The van der Waals surface area contributed by atoms with Crippen LogP contribution in [0.25, 0.3) is 0 Å². The molecule has 0 radical (unpaired) electrons. The first kappa shape index (κ1) is 11.5. The Kier molecular flexibility index (Phi) is 3.88. The second-order valence-electron chi connectivity index (χ2n) is 4.32. The molecule has 1 atom stereocenters. The zero-order valence-electron chi connectivity index (χ0n) is 9.71. The number of aromatic nitrogens is 1. The third-order valence-corrected chi connectivity index (χ3v) is 3.24. The molecule has 2 rings (SSSR count). The summed E-state index contributed by atoms with van der Waals surface area (Å²) in [6, 6.07) is 4.09. The topological polar surface area (TPSA) is 39.6 Å². The van der Waals surface area contributed by atoms with Gasteiger partial charge in [0.15, 0.2) is 0 Å². The van der Waals surface area contributed by atoms with E-state index in [1.165, 1.54) is 0 Å². The highest BCUT2D eigenvalue weighted by atomic mass is 16.3. The molecule has 4 heteroatoms. The van der Waals surface area contributed by atoms with Gasteiger partial charge in [0.2, 0.25) is 0 Å². The molecule has 4 nitrogen and oxygen atoms in total. The van der Waals surface area contributed by atoms with Crippen LogP contribution in [0, 0.1) is 0 Å². The van der Waals surface area contributed by atoms with E-state index in [9.17, 15) is 5.11 Å². The Morgan fingerprint density at radius 2 is 1.88 bits per heavy atom. The Bertz CT molecular complexity index is 309. The fraction of sp³-hybridized carbons (Fsp3) is 0.583. The van der Waals surface area contributed by atoms with Gasteiger partial charge in [-0.25, -0.2) is 0 Å². The molecule has 0 aromatic carbocycles. The molecular formula is C12H19N3O. The van der Waals surface area contributed by atoms with Crippen molar-refractivity contribution in [2.45, 2.75) is 6.04 Å². The molecule has 1 unspecified atom stereocenters. The number of nitrogens with zero attached hydrogens (tertiary/aromatic N) is 3. The molecule has 0 bridgehead atoms. The summed E-state index contributed by atoms with van der Waals surface area (Å²) in [6.07, 6.45) is 3.57. The van der Waals surface area contributed by atoms with Gasteiger partial charge in [-0.3, -0.25) is 9.88 Å². The molecule has 1 aliphatic rings. The maximum atomic E-state index is 9.52. The smallest absolute Gasteiger partial charge is 0.0628 e. The number of hydrogen-bond acceptors (Lipinski definition) is 4. The highest BCUT2D eigenvalue weighted by Gasteiger charge is 2.22. The lowest BCUT2D eigenvalue weighted by Crippen LogP contribution is -2.46. The average molecular weight is 221 g/mol. The van der Waals surface area contributed by atoms with Crippen LogP contribution in [0.15, 0.2) is 24.5 Å². The van der Waals surface area contributed by atoms with Crippen molar-refractivity contribution in [3.8, 4) is 0 Å². The minimum Gasteiger partial charge on any atom is -0.394 e. The van der Waals surface area contributed by atoms with Gasteiger partial charge in [0.25, 0.3) is 0 Å². The molecule has 1 aromatic rings. The number of piperazine rings is 1. The Morgan fingerprint density at radius 1 is 1.25 bits per heavy atom. The number of likely N-dealkylation sites (N-methyl/N-ethyl adjacent to an activating group) is 1. The molecule has 2 heterocycles. The first-order valence-electron chi connectivity index (χ1n) is 5.74. The summed E-state index contributed by atoms with van der Waals surface area (Å²) in [5.41, 5.74) is 1.15. The van der Waals surface area contributed by atoms with Gasteiger partial charge in [0.1, 0.15) is 0 Å². The second kappa shape index (κ2) is 5.39. The lowest BCUT2D eigenvalue weighted by Gasteiger charge is -2.37. The lowest BCUT2D eigenvalue weighted by atomic mass is 10.1. The first-order chi connectivity index (χ1) is 7.81. The normalized spacial score (nSPS) is 20.9. The van der Waals surface area contributed by atoms with Crippen LogP contribution in [0.5, 0.6) is 0 Å². The zero-order chi connectivity index (χ0) is 11.4. The van der Waals surface area contributed by atoms with Crippen LogP contribution in [-0.4, -0.2) is 59.7 Å². The number of rotatable bonds is 3. The van der Waals surface area contributed by atoms with Gasteiger partial charge < -0.3 is 10.0 Å². The zero-order valence-corrected chi connectivity index (χ0v) is 9.71. The van der Waals surface area contributed by atoms with E-state index in [1.807, 2.05) is 12.1 Å².